The first-order valence-electron chi connectivity index (χ1n) is 6.50. The lowest BCUT2D eigenvalue weighted by Crippen LogP contribution is -2.24. The molecule has 1 saturated heterocycles. The predicted octanol–water partition coefficient (Wildman–Crippen LogP) is 1.81. The number of carbonyl (C=O) groups is 1. The summed E-state index contributed by atoms with van der Waals surface area (Å²) in [6.45, 7) is 2.72. The van der Waals surface area contributed by atoms with E-state index in [1.54, 1.807) is 11.8 Å². The van der Waals surface area contributed by atoms with Gasteiger partial charge in [0, 0.05) is 19.6 Å². The molecular formula is C12H20N4OS2. The van der Waals surface area contributed by atoms with Crippen molar-refractivity contribution in [1.82, 2.24) is 10.3 Å². The first kappa shape index (κ1) is 14.5. The van der Waals surface area contributed by atoms with E-state index in [2.05, 4.69) is 21.5 Å². The summed E-state index contributed by atoms with van der Waals surface area (Å²) in [4.78, 5) is 19.1. The Labute approximate surface area is 122 Å². The summed E-state index contributed by atoms with van der Waals surface area (Å²) in [6.07, 6.45) is 5.42. The summed E-state index contributed by atoms with van der Waals surface area (Å²) in [7, 11) is 0. The van der Waals surface area contributed by atoms with E-state index >= 15 is 0 Å². The van der Waals surface area contributed by atoms with Crippen molar-refractivity contribution in [2.45, 2.75) is 19.3 Å². The molecule has 1 amide bonds. The highest BCUT2D eigenvalue weighted by Gasteiger charge is 2.21. The van der Waals surface area contributed by atoms with Gasteiger partial charge in [-0.2, -0.15) is 11.8 Å². The Balaban J connectivity index is 1.93. The molecule has 7 heteroatoms. The summed E-state index contributed by atoms with van der Waals surface area (Å²) in [5.74, 6) is 1.31. The lowest BCUT2D eigenvalue weighted by atomic mass is 10.4. The number of nitrogens with two attached hydrogens (primary N) is 1. The molecule has 0 atom stereocenters. The number of carbonyl (C=O) groups excluding carboxylic acids is 1. The Morgan fingerprint density at radius 1 is 1.53 bits per heavy atom. The van der Waals surface area contributed by atoms with Gasteiger partial charge in [0.1, 0.15) is 10.7 Å². The average molecular weight is 300 g/mol. The molecule has 1 aromatic heterocycles. The largest absolute Gasteiger partial charge is 0.382 e. The molecule has 1 fully saturated rings. The molecule has 2 rings (SSSR count). The van der Waals surface area contributed by atoms with Gasteiger partial charge in [0.15, 0.2) is 5.13 Å². The van der Waals surface area contributed by atoms with Gasteiger partial charge in [0.05, 0.1) is 0 Å². The number of hydrogen-bond acceptors (Lipinski definition) is 6. The van der Waals surface area contributed by atoms with Gasteiger partial charge in [-0.3, -0.25) is 4.79 Å². The third-order valence-electron chi connectivity index (χ3n) is 3.04. The zero-order chi connectivity index (χ0) is 13.7. The fraction of sp³-hybridized carbons (Fsp3) is 0.667. The van der Waals surface area contributed by atoms with E-state index in [-0.39, 0.29) is 5.91 Å². The van der Waals surface area contributed by atoms with Gasteiger partial charge in [-0.15, -0.1) is 0 Å². The van der Waals surface area contributed by atoms with Crippen LogP contribution in [0.3, 0.4) is 0 Å². The Morgan fingerprint density at radius 3 is 2.95 bits per heavy atom. The Bertz CT molecular complexity index is 429. The van der Waals surface area contributed by atoms with Crippen molar-refractivity contribution in [3.05, 3.63) is 4.88 Å². The molecule has 0 spiro atoms. The molecule has 19 heavy (non-hydrogen) atoms. The number of nitrogen functional groups attached to an aromatic ring is 1. The van der Waals surface area contributed by atoms with E-state index in [0.29, 0.717) is 17.2 Å². The SMILES string of the molecule is CSCCCNC(=O)c1sc(N2CCCC2)nc1N. The number of aromatic nitrogens is 1. The summed E-state index contributed by atoms with van der Waals surface area (Å²) < 4.78 is 0. The molecule has 5 nitrogen and oxygen atoms in total. The number of rotatable bonds is 6. The van der Waals surface area contributed by atoms with Crippen molar-refractivity contribution in [2.24, 2.45) is 0 Å². The minimum atomic E-state index is -0.0958. The summed E-state index contributed by atoms with van der Waals surface area (Å²) >= 11 is 3.18. The van der Waals surface area contributed by atoms with Crippen molar-refractivity contribution >= 4 is 40.0 Å². The van der Waals surface area contributed by atoms with Crippen LogP contribution in [0.4, 0.5) is 10.9 Å². The van der Waals surface area contributed by atoms with E-state index in [4.69, 9.17) is 5.73 Å². The summed E-state index contributed by atoms with van der Waals surface area (Å²) in [5, 5.41) is 3.78. The van der Waals surface area contributed by atoms with Gasteiger partial charge >= 0.3 is 0 Å². The molecule has 0 unspecified atom stereocenters. The van der Waals surface area contributed by atoms with Gasteiger partial charge < -0.3 is 16.0 Å². The number of nitrogens with one attached hydrogen (secondary N) is 1. The Morgan fingerprint density at radius 2 is 2.26 bits per heavy atom. The minimum absolute atomic E-state index is 0.0958. The number of hydrogen-bond donors (Lipinski definition) is 2. The molecule has 0 saturated carbocycles. The fourth-order valence-corrected chi connectivity index (χ4v) is 3.41. The highest BCUT2D eigenvalue weighted by molar-refractivity contribution is 7.98. The van der Waals surface area contributed by atoms with Gasteiger partial charge in [0.2, 0.25) is 0 Å². The molecule has 3 N–H and O–H groups in total. The first-order chi connectivity index (χ1) is 9.22. The molecule has 106 valence electrons. The second-order valence-electron chi connectivity index (χ2n) is 4.51. The van der Waals surface area contributed by atoms with Gasteiger partial charge in [0.25, 0.3) is 5.91 Å². The Kier molecular flexibility index (Phi) is 5.33. The Hall–Kier alpha value is -0.950. The van der Waals surface area contributed by atoms with Crippen LogP contribution in [-0.2, 0) is 0 Å². The number of amides is 1. The summed E-state index contributed by atoms with van der Waals surface area (Å²) in [5.41, 5.74) is 5.85. The smallest absolute Gasteiger partial charge is 0.265 e. The topological polar surface area (TPSA) is 71.2 Å². The molecule has 1 aromatic rings. The normalized spacial score (nSPS) is 14.9. The van der Waals surface area contributed by atoms with E-state index in [9.17, 15) is 4.79 Å². The van der Waals surface area contributed by atoms with Crippen LogP contribution in [0.15, 0.2) is 0 Å². The zero-order valence-corrected chi connectivity index (χ0v) is 12.8. The average Bonchev–Trinajstić information content (AvgIpc) is 3.03. The molecule has 0 aromatic carbocycles. The molecule has 0 bridgehead atoms. The maximum Gasteiger partial charge on any atom is 0.265 e. The van der Waals surface area contributed by atoms with Crippen LogP contribution in [0.2, 0.25) is 0 Å². The lowest BCUT2D eigenvalue weighted by Gasteiger charge is -2.11. The van der Waals surface area contributed by atoms with Gasteiger partial charge in [-0.1, -0.05) is 11.3 Å². The van der Waals surface area contributed by atoms with Gasteiger partial charge in [-0.05, 0) is 31.3 Å². The zero-order valence-electron chi connectivity index (χ0n) is 11.1. The number of thiazole rings is 1. The number of nitrogens with zero attached hydrogens (tertiary/aromatic N) is 2. The molecule has 2 heterocycles. The fourth-order valence-electron chi connectivity index (χ4n) is 2.03. The molecule has 1 aliphatic heterocycles. The first-order valence-corrected chi connectivity index (χ1v) is 8.72. The van der Waals surface area contributed by atoms with Crippen molar-refractivity contribution in [3.63, 3.8) is 0 Å². The van der Waals surface area contributed by atoms with E-state index in [0.717, 1.165) is 30.4 Å². The second kappa shape index (κ2) is 7.00. The highest BCUT2D eigenvalue weighted by atomic mass is 32.2. The van der Waals surface area contributed by atoms with Crippen LogP contribution in [0.5, 0.6) is 0 Å². The predicted molar refractivity (Wildman–Crippen MR) is 83.3 cm³/mol. The van der Waals surface area contributed by atoms with Crippen LogP contribution in [-0.4, -0.2) is 42.5 Å². The van der Waals surface area contributed by atoms with E-state index < -0.39 is 0 Å². The van der Waals surface area contributed by atoms with Crippen LogP contribution >= 0.6 is 23.1 Å². The van der Waals surface area contributed by atoms with Crippen molar-refractivity contribution in [3.8, 4) is 0 Å². The molecule has 0 aliphatic carbocycles. The van der Waals surface area contributed by atoms with Gasteiger partial charge in [-0.25, -0.2) is 4.98 Å². The maximum atomic E-state index is 12.0. The van der Waals surface area contributed by atoms with Crippen LogP contribution in [0.25, 0.3) is 0 Å². The number of anilines is 2. The quantitative estimate of drug-likeness (QED) is 0.784. The lowest BCUT2D eigenvalue weighted by molar-refractivity contribution is 0.0958. The second-order valence-corrected chi connectivity index (χ2v) is 6.47. The number of thioether (sulfide) groups is 1. The highest BCUT2D eigenvalue weighted by Crippen LogP contribution is 2.30. The molecular weight excluding hydrogens is 280 g/mol. The third kappa shape index (κ3) is 3.76. The summed E-state index contributed by atoms with van der Waals surface area (Å²) in [6, 6.07) is 0. The minimum Gasteiger partial charge on any atom is -0.382 e. The van der Waals surface area contributed by atoms with E-state index in [1.165, 1.54) is 24.2 Å². The van der Waals surface area contributed by atoms with Crippen molar-refractivity contribution in [1.29, 1.82) is 0 Å². The third-order valence-corrected chi connectivity index (χ3v) is 4.86. The van der Waals surface area contributed by atoms with Crippen LogP contribution in [0.1, 0.15) is 28.9 Å². The monoisotopic (exact) mass is 300 g/mol. The van der Waals surface area contributed by atoms with E-state index in [1.807, 2.05) is 0 Å². The van der Waals surface area contributed by atoms with Crippen LogP contribution < -0.4 is 16.0 Å². The van der Waals surface area contributed by atoms with Crippen LogP contribution in [0, 0.1) is 0 Å². The standard InChI is InChI=1S/C12H20N4OS2/c1-18-8-4-5-14-11(17)9-10(13)15-12(19-9)16-6-2-3-7-16/h2-8,13H2,1H3,(H,14,17). The maximum absolute atomic E-state index is 12.0. The van der Waals surface area contributed by atoms with Crippen molar-refractivity contribution < 1.29 is 4.79 Å². The van der Waals surface area contributed by atoms with Crippen molar-refractivity contribution in [2.75, 3.05) is 42.3 Å². The molecule has 0 radical (unpaired) electrons. The molecule has 1 aliphatic rings.